The fraction of sp³-hybridized carbons (Fsp3) is 0.455. The van der Waals surface area contributed by atoms with E-state index < -0.39 is 0 Å². The number of nitrogen functional groups attached to an aromatic ring is 1. The second-order valence-corrected chi connectivity index (χ2v) is 3.85. The van der Waals surface area contributed by atoms with Gasteiger partial charge in [-0.3, -0.25) is 0 Å². The molecule has 0 bridgehead atoms. The van der Waals surface area contributed by atoms with Crippen molar-refractivity contribution in [2.45, 2.75) is 32.2 Å². The van der Waals surface area contributed by atoms with Gasteiger partial charge in [-0.15, -0.1) is 0 Å². The maximum Gasteiger partial charge on any atom is 0.0346 e. The molecule has 0 radical (unpaired) electrons. The molecule has 13 heavy (non-hydrogen) atoms. The lowest BCUT2D eigenvalue weighted by atomic mass is 9.85. The van der Waals surface area contributed by atoms with Crippen molar-refractivity contribution >= 4 is 5.69 Å². The van der Waals surface area contributed by atoms with Crippen LogP contribution in [0.2, 0.25) is 0 Å². The average molecular weight is 176 g/mol. The monoisotopic (exact) mass is 176 g/mol. The molecule has 0 heterocycles. The molecule has 2 nitrogen and oxygen atoms in total. The lowest BCUT2D eigenvalue weighted by Gasteiger charge is -2.24. The van der Waals surface area contributed by atoms with E-state index in [-0.39, 0.29) is 6.04 Å². The molecule has 0 unspecified atom stereocenters. The molecule has 0 aromatic heterocycles. The van der Waals surface area contributed by atoms with E-state index in [1.165, 1.54) is 23.1 Å². The fourth-order valence-electron chi connectivity index (χ4n) is 2.13. The summed E-state index contributed by atoms with van der Waals surface area (Å²) < 4.78 is 0. The normalized spacial score (nSPS) is 21.2. The summed E-state index contributed by atoms with van der Waals surface area (Å²) in [6, 6.07) is 4.28. The molecule has 0 spiro atoms. The van der Waals surface area contributed by atoms with E-state index >= 15 is 0 Å². The Morgan fingerprint density at radius 1 is 1.38 bits per heavy atom. The quantitative estimate of drug-likeness (QED) is 0.593. The van der Waals surface area contributed by atoms with Gasteiger partial charge in [-0.1, -0.05) is 6.07 Å². The van der Waals surface area contributed by atoms with Gasteiger partial charge in [-0.05, 0) is 48.9 Å². The van der Waals surface area contributed by atoms with Gasteiger partial charge in [0, 0.05) is 11.7 Å². The highest BCUT2D eigenvalue weighted by atomic mass is 14.6. The molecule has 0 fully saturated rings. The number of rotatable bonds is 0. The topological polar surface area (TPSA) is 52.0 Å². The van der Waals surface area contributed by atoms with E-state index in [0.717, 1.165) is 18.5 Å². The lowest BCUT2D eigenvalue weighted by Crippen LogP contribution is -2.18. The van der Waals surface area contributed by atoms with Gasteiger partial charge in [0.05, 0.1) is 0 Å². The van der Waals surface area contributed by atoms with Crippen molar-refractivity contribution in [2.75, 3.05) is 5.73 Å². The van der Waals surface area contributed by atoms with Crippen molar-refractivity contribution in [2.24, 2.45) is 5.73 Å². The Bertz CT molecular complexity index is 331. The highest BCUT2D eigenvalue weighted by molar-refractivity contribution is 5.54. The van der Waals surface area contributed by atoms with Crippen LogP contribution in [0.5, 0.6) is 0 Å². The van der Waals surface area contributed by atoms with Crippen molar-refractivity contribution in [3.63, 3.8) is 0 Å². The highest BCUT2D eigenvalue weighted by Crippen LogP contribution is 2.32. The molecule has 4 N–H and O–H groups in total. The summed E-state index contributed by atoms with van der Waals surface area (Å²) >= 11 is 0. The van der Waals surface area contributed by atoms with E-state index in [4.69, 9.17) is 11.5 Å². The predicted octanol–water partition coefficient (Wildman–Crippen LogP) is 1.91. The van der Waals surface area contributed by atoms with Crippen molar-refractivity contribution in [1.82, 2.24) is 0 Å². The largest absolute Gasteiger partial charge is 0.399 e. The predicted molar refractivity (Wildman–Crippen MR) is 55.5 cm³/mol. The van der Waals surface area contributed by atoms with Crippen molar-refractivity contribution in [1.29, 1.82) is 0 Å². The van der Waals surface area contributed by atoms with Gasteiger partial charge >= 0.3 is 0 Å². The maximum atomic E-state index is 6.02. The smallest absolute Gasteiger partial charge is 0.0346 e. The van der Waals surface area contributed by atoms with Crippen LogP contribution < -0.4 is 11.5 Å². The molecular weight excluding hydrogens is 160 g/mol. The van der Waals surface area contributed by atoms with E-state index in [0.29, 0.717) is 0 Å². The van der Waals surface area contributed by atoms with Gasteiger partial charge in [0.1, 0.15) is 0 Å². The number of hydrogen-bond acceptors (Lipinski definition) is 2. The second kappa shape index (κ2) is 3.04. The van der Waals surface area contributed by atoms with Crippen molar-refractivity contribution in [3.8, 4) is 0 Å². The molecule has 0 saturated carbocycles. The van der Waals surface area contributed by atoms with Crippen LogP contribution in [-0.2, 0) is 6.42 Å². The summed E-state index contributed by atoms with van der Waals surface area (Å²) in [4.78, 5) is 0. The molecule has 0 aliphatic heterocycles. The molecule has 1 aromatic carbocycles. The third kappa shape index (κ3) is 1.31. The van der Waals surface area contributed by atoms with Gasteiger partial charge in [-0.25, -0.2) is 0 Å². The number of anilines is 1. The molecule has 0 amide bonds. The Kier molecular flexibility index (Phi) is 2.00. The van der Waals surface area contributed by atoms with Crippen LogP contribution in [-0.4, -0.2) is 0 Å². The number of hydrogen-bond donors (Lipinski definition) is 2. The Hall–Kier alpha value is -1.02. The third-order valence-electron chi connectivity index (χ3n) is 3.02. The van der Waals surface area contributed by atoms with Gasteiger partial charge in [-0.2, -0.15) is 0 Å². The summed E-state index contributed by atoms with van der Waals surface area (Å²) in [5.74, 6) is 0. The third-order valence-corrected chi connectivity index (χ3v) is 3.02. The Morgan fingerprint density at radius 2 is 2.15 bits per heavy atom. The fourth-order valence-corrected chi connectivity index (χ4v) is 2.13. The highest BCUT2D eigenvalue weighted by Gasteiger charge is 2.18. The Balaban J connectivity index is 2.56. The number of fused-ring (bicyclic) bond motifs is 1. The molecule has 1 aliphatic carbocycles. The van der Waals surface area contributed by atoms with Gasteiger partial charge in [0.15, 0.2) is 0 Å². The van der Waals surface area contributed by atoms with E-state index in [1.807, 2.05) is 6.07 Å². The number of benzene rings is 1. The summed E-state index contributed by atoms with van der Waals surface area (Å²) in [5, 5.41) is 0. The van der Waals surface area contributed by atoms with Crippen LogP contribution in [0.3, 0.4) is 0 Å². The van der Waals surface area contributed by atoms with Crippen LogP contribution >= 0.6 is 0 Å². The summed E-state index contributed by atoms with van der Waals surface area (Å²) in [6.45, 7) is 2.09. The maximum absolute atomic E-state index is 6.02. The summed E-state index contributed by atoms with van der Waals surface area (Å²) in [6.07, 6.45) is 3.44. The molecular formula is C11H16N2. The van der Waals surface area contributed by atoms with Crippen LogP contribution in [0.1, 0.15) is 35.6 Å². The van der Waals surface area contributed by atoms with Crippen LogP contribution in [0, 0.1) is 6.92 Å². The Labute approximate surface area is 78.9 Å². The first-order valence-corrected chi connectivity index (χ1v) is 4.83. The van der Waals surface area contributed by atoms with Crippen LogP contribution in [0.4, 0.5) is 5.69 Å². The first kappa shape index (κ1) is 8.57. The summed E-state index contributed by atoms with van der Waals surface area (Å²) in [7, 11) is 0. The van der Waals surface area contributed by atoms with Crippen LogP contribution in [0.15, 0.2) is 12.1 Å². The first-order valence-electron chi connectivity index (χ1n) is 4.83. The molecule has 2 heteroatoms. The average Bonchev–Trinajstić information content (AvgIpc) is 2.12. The van der Waals surface area contributed by atoms with Crippen molar-refractivity contribution < 1.29 is 0 Å². The molecule has 1 atom stereocenters. The minimum atomic E-state index is 0.225. The molecule has 1 aromatic rings. The van der Waals surface area contributed by atoms with Crippen molar-refractivity contribution in [3.05, 3.63) is 28.8 Å². The number of nitrogens with two attached hydrogens (primary N) is 2. The van der Waals surface area contributed by atoms with E-state index in [9.17, 15) is 0 Å². The first-order chi connectivity index (χ1) is 6.20. The molecule has 70 valence electrons. The van der Waals surface area contributed by atoms with Gasteiger partial charge in [0.2, 0.25) is 0 Å². The molecule has 2 rings (SSSR count). The second-order valence-electron chi connectivity index (χ2n) is 3.85. The zero-order valence-electron chi connectivity index (χ0n) is 8.01. The molecule has 0 saturated heterocycles. The minimum absolute atomic E-state index is 0.225. The Morgan fingerprint density at radius 3 is 2.92 bits per heavy atom. The summed E-state index contributed by atoms with van der Waals surface area (Å²) in [5.41, 5.74) is 16.7. The zero-order chi connectivity index (χ0) is 9.42. The van der Waals surface area contributed by atoms with Gasteiger partial charge < -0.3 is 11.5 Å². The zero-order valence-corrected chi connectivity index (χ0v) is 8.01. The SMILES string of the molecule is Cc1c(N)ccc2c1CCC[C@@H]2N. The van der Waals surface area contributed by atoms with E-state index in [1.54, 1.807) is 0 Å². The molecule has 1 aliphatic rings. The lowest BCUT2D eigenvalue weighted by molar-refractivity contribution is 0.569. The van der Waals surface area contributed by atoms with Gasteiger partial charge in [0.25, 0.3) is 0 Å². The van der Waals surface area contributed by atoms with E-state index in [2.05, 4.69) is 13.0 Å². The van der Waals surface area contributed by atoms with Crippen LogP contribution in [0.25, 0.3) is 0 Å². The minimum Gasteiger partial charge on any atom is -0.399 e. The standard InChI is InChI=1S/C11H16N2/c1-7-8-3-2-4-11(13)9(8)5-6-10(7)12/h5-6,11H,2-4,12-13H2,1H3/t11-/m0/s1.